The number of primary amides is 2. The van der Waals surface area contributed by atoms with E-state index in [2.05, 4.69) is 0 Å². The Morgan fingerprint density at radius 2 is 1.71 bits per heavy atom. The number of hydrogen-bond acceptors (Lipinski definition) is 4. The molecular formula is C10H13FN4O2. The lowest BCUT2D eigenvalue weighted by molar-refractivity contribution is -0.117. The van der Waals surface area contributed by atoms with Crippen LogP contribution in [0.3, 0.4) is 0 Å². The van der Waals surface area contributed by atoms with Crippen LogP contribution in [-0.4, -0.2) is 24.9 Å². The minimum absolute atomic E-state index is 0.104. The summed E-state index contributed by atoms with van der Waals surface area (Å²) in [7, 11) is 0. The molecule has 1 rings (SSSR count). The first kappa shape index (κ1) is 12.8. The van der Waals surface area contributed by atoms with Crippen LogP contribution in [0.15, 0.2) is 18.2 Å². The van der Waals surface area contributed by atoms with Gasteiger partial charge in [0.2, 0.25) is 11.8 Å². The second-order valence-corrected chi connectivity index (χ2v) is 3.49. The monoisotopic (exact) mass is 240 g/mol. The molecule has 0 spiro atoms. The van der Waals surface area contributed by atoms with Crippen LogP contribution in [0.4, 0.5) is 15.8 Å². The van der Waals surface area contributed by atoms with Gasteiger partial charge >= 0.3 is 0 Å². The number of hydrogen-bond donors (Lipinski definition) is 3. The Morgan fingerprint density at radius 1 is 1.18 bits per heavy atom. The Balaban J connectivity index is 3.02. The molecule has 0 heterocycles. The van der Waals surface area contributed by atoms with Crippen LogP contribution in [0.1, 0.15) is 0 Å². The highest BCUT2D eigenvalue weighted by molar-refractivity contribution is 5.86. The normalized spacial score (nSPS) is 9.94. The first-order chi connectivity index (χ1) is 7.90. The van der Waals surface area contributed by atoms with Gasteiger partial charge in [-0.15, -0.1) is 0 Å². The molecular weight excluding hydrogens is 227 g/mol. The maximum absolute atomic E-state index is 12.9. The molecule has 0 aromatic heterocycles. The molecule has 2 amide bonds. The Hall–Kier alpha value is -2.31. The van der Waals surface area contributed by atoms with Crippen molar-refractivity contribution in [1.29, 1.82) is 0 Å². The summed E-state index contributed by atoms with van der Waals surface area (Å²) in [5.74, 6) is -1.80. The minimum atomic E-state index is -0.644. The largest absolute Gasteiger partial charge is 0.397 e. The fraction of sp³-hybridized carbons (Fsp3) is 0.200. The van der Waals surface area contributed by atoms with E-state index in [4.69, 9.17) is 17.2 Å². The second-order valence-electron chi connectivity index (χ2n) is 3.49. The van der Waals surface area contributed by atoms with Gasteiger partial charge < -0.3 is 22.1 Å². The molecule has 7 heteroatoms. The van der Waals surface area contributed by atoms with Gasteiger partial charge in [0.25, 0.3) is 0 Å². The highest BCUT2D eigenvalue weighted by Crippen LogP contribution is 2.23. The van der Waals surface area contributed by atoms with E-state index in [1.165, 1.54) is 17.0 Å². The van der Waals surface area contributed by atoms with Gasteiger partial charge in [0.15, 0.2) is 0 Å². The van der Waals surface area contributed by atoms with Crippen molar-refractivity contribution in [2.45, 2.75) is 0 Å². The summed E-state index contributed by atoms with van der Waals surface area (Å²) in [5, 5.41) is 0. The number of carbonyl (C=O) groups excluding carboxylic acids is 2. The Bertz CT molecular complexity index is 434. The van der Waals surface area contributed by atoms with Crippen molar-refractivity contribution in [3.63, 3.8) is 0 Å². The molecule has 1 aromatic carbocycles. The molecule has 0 aliphatic heterocycles. The predicted molar refractivity (Wildman–Crippen MR) is 61.4 cm³/mol. The highest BCUT2D eigenvalue weighted by atomic mass is 19.1. The van der Waals surface area contributed by atoms with Gasteiger partial charge in [-0.05, 0) is 18.2 Å². The number of amides is 2. The Labute approximate surface area is 97.2 Å². The van der Waals surface area contributed by atoms with Crippen LogP contribution in [0.5, 0.6) is 0 Å². The maximum atomic E-state index is 12.9. The molecule has 6 N–H and O–H groups in total. The zero-order chi connectivity index (χ0) is 13.0. The molecule has 6 nitrogen and oxygen atoms in total. The summed E-state index contributed by atoms with van der Waals surface area (Å²) >= 11 is 0. The van der Waals surface area contributed by atoms with Gasteiger partial charge in [-0.2, -0.15) is 0 Å². The molecule has 0 bridgehead atoms. The number of rotatable bonds is 5. The third-order valence-corrected chi connectivity index (χ3v) is 2.02. The number of nitrogens with zero attached hydrogens (tertiary/aromatic N) is 1. The summed E-state index contributed by atoms with van der Waals surface area (Å²) in [6.07, 6.45) is 0. The average molecular weight is 240 g/mol. The topological polar surface area (TPSA) is 115 Å². The fourth-order valence-electron chi connectivity index (χ4n) is 1.42. The molecule has 0 atom stereocenters. The van der Waals surface area contributed by atoms with Crippen molar-refractivity contribution in [2.24, 2.45) is 11.5 Å². The van der Waals surface area contributed by atoms with E-state index >= 15 is 0 Å². The van der Waals surface area contributed by atoms with Crippen LogP contribution in [0.2, 0.25) is 0 Å². The first-order valence-electron chi connectivity index (χ1n) is 4.76. The van der Waals surface area contributed by atoms with E-state index < -0.39 is 17.6 Å². The molecule has 17 heavy (non-hydrogen) atoms. The van der Waals surface area contributed by atoms with E-state index in [0.717, 1.165) is 6.07 Å². The third-order valence-electron chi connectivity index (χ3n) is 2.02. The summed E-state index contributed by atoms with van der Waals surface area (Å²) in [5.41, 5.74) is 16.1. The molecule has 0 saturated carbocycles. The van der Waals surface area contributed by atoms with Gasteiger partial charge in [-0.1, -0.05) is 0 Å². The van der Waals surface area contributed by atoms with E-state index in [-0.39, 0.29) is 18.8 Å². The van der Waals surface area contributed by atoms with Crippen molar-refractivity contribution >= 4 is 23.2 Å². The number of halogens is 1. The van der Waals surface area contributed by atoms with Crippen LogP contribution < -0.4 is 22.1 Å². The maximum Gasteiger partial charge on any atom is 0.236 e. The molecule has 0 aliphatic rings. The predicted octanol–water partition coefficient (Wildman–Crippen LogP) is -0.815. The second kappa shape index (κ2) is 5.15. The van der Waals surface area contributed by atoms with Crippen molar-refractivity contribution in [1.82, 2.24) is 0 Å². The SMILES string of the molecule is NC(=O)CN(CC(N)=O)c1ccc(F)cc1N. The summed E-state index contributed by atoms with van der Waals surface area (Å²) in [6.45, 7) is -0.447. The highest BCUT2D eigenvalue weighted by Gasteiger charge is 2.14. The summed E-state index contributed by atoms with van der Waals surface area (Å²) in [4.78, 5) is 23.0. The third kappa shape index (κ3) is 3.63. The molecule has 1 aromatic rings. The van der Waals surface area contributed by atoms with Crippen LogP contribution in [0, 0.1) is 5.82 Å². The number of anilines is 2. The molecule has 0 aliphatic carbocycles. The fourth-order valence-corrected chi connectivity index (χ4v) is 1.42. The van der Waals surface area contributed by atoms with Crippen molar-refractivity contribution in [2.75, 3.05) is 23.7 Å². The molecule has 92 valence electrons. The summed E-state index contributed by atoms with van der Waals surface area (Å²) < 4.78 is 12.9. The summed E-state index contributed by atoms with van der Waals surface area (Å²) in [6, 6.07) is 3.61. The van der Waals surface area contributed by atoms with Gasteiger partial charge in [0, 0.05) is 0 Å². The van der Waals surface area contributed by atoms with E-state index in [0.29, 0.717) is 5.69 Å². The number of benzene rings is 1. The lowest BCUT2D eigenvalue weighted by Crippen LogP contribution is -2.40. The van der Waals surface area contributed by atoms with E-state index in [1.54, 1.807) is 0 Å². The van der Waals surface area contributed by atoms with Gasteiger partial charge in [0.05, 0.1) is 24.5 Å². The van der Waals surface area contributed by atoms with Gasteiger partial charge in [-0.25, -0.2) is 4.39 Å². The minimum Gasteiger partial charge on any atom is -0.397 e. The average Bonchev–Trinajstić information content (AvgIpc) is 2.14. The molecule has 0 radical (unpaired) electrons. The quantitative estimate of drug-likeness (QED) is 0.583. The van der Waals surface area contributed by atoms with Crippen LogP contribution >= 0.6 is 0 Å². The Morgan fingerprint density at radius 3 is 2.12 bits per heavy atom. The first-order valence-corrected chi connectivity index (χ1v) is 4.76. The number of carbonyl (C=O) groups is 2. The number of nitrogen functional groups attached to an aromatic ring is 1. The van der Waals surface area contributed by atoms with Crippen LogP contribution in [-0.2, 0) is 9.59 Å². The zero-order valence-electron chi connectivity index (χ0n) is 9.02. The molecule has 0 unspecified atom stereocenters. The standard InChI is InChI=1S/C10H13FN4O2/c11-6-1-2-8(7(12)3-6)15(4-9(13)16)5-10(14)17/h1-3H,4-5,12H2,(H2,13,16)(H2,14,17). The van der Waals surface area contributed by atoms with E-state index in [9.17, 15) is 14.0 Å². The zero-order valence-corrected chi connectivity index (χ0v) is 9.02. The lowest BCUT2D eigenvalue weighted by Gasteiger charge is -2.23. The molecule has 0 saturated heterocycles. The Kier molecular flexibility index (Phi) is 3.86. The van der Waals surface area contributed by atoms with Crippen molar-refractivity contribution in [3.05, 3.63) is 24.0 Å². The van der Waals surface area contributed by atoms with Gasteiger partial charge in [-0.3, -0.25) is 9.59 Å². The lowest BCUT2D eigenvalue weighted by atomic mass is 10.2. The van der Waals surface area contributed by atoms with Gasteiger partial charge in [0.1, 0.15) is 5.82 Å². The smallest absolute Gasteiger partial charge is 0.236 e. The number of nitrogens with two attached hydrogens (primary N) is 3. The van der Waals surface area contributed by atoms with Crippen molar-refractivity contribution in [3.8, 4) is 0 Å². The van der Waals surface area contributed by atoms with E-state index in [1.807, 2.05) is 0 Å². The molecule has 0 fully saturated rings. The van der Waals surface area contributed by atoms with Crippen LogP contribution in [0.25, 0.3) is 0 Å². The van der Waals surface area contributed by atoms with Crippen molar-refractivity contribution < 1.29 is 14.0 Å².